The predicted octanol–water partition coefficient (Wildman–Crippen LogP) is 15.7. The molecule has 14 aromatic rings. The van der Waals surface area contributed by atoms with Gasteiger partial charge >= 0.3 is 0 Å². The highest BCUT2D eigenvalue weighted by atomic mass is 32.1. The van der Waals surface area contributed by atoms with Gasteiger partial charge in [0.25, 0.3) is 0 Å². The summed E-state index contributed by atoms with van der Waals surface area (Å²) in [6.07, 6.45) is 0. The Morgan fingerprint density at radius 3 is 1.68 bits per heavy atom. The maximum atomic E-state index is 6.80. The molecule has 0 unspecified atom stereocenters. The number of fused-ring (bicyclic) bond motifs is 12. The number of rotatable bonds is 4. The third-order valence-corrected chi connectivity index (χ3v) is 14.0. The van der Waals surface area contributed by atoms with Crippen LogP contribution in [0.3, 0.4) is 0 Å². The van der Waals surface area contributed by atoms with Gasteiger partial charge in [-0.15, -0.1) is 11.3 Å². The van der Waals surface area contributed by atoms with Crippen molar-refractivity contribution >= 4 is 108 Å². The van der Waals surface area contributed by atoms with Gasteiger partial charge < -0.3 is 8.98 Å². The van der Waals surface area contributed by atoms with E-state index in [1.54, 1.807) is 11.3 Å². The van der Waals surface area contributed by atoms with Gasteiger partial charge in [0, 0.05) is 64.5 Å². The van der Waals surface area contributed by atoms with Gasteiger partial charge in [0.1, 0.15) is 11.2 Å². The molecule has 0 fully saturated rings. The van der Waals surface area contributed by atoms with Crippen LogP contribution in [0, 0.1) is 0 Å². The van der Waals surface area contributed by atoms with Crippen LogP contribution in [-0.4, -0.2) is 19.5 Å². The molecule has 0 aliphatic heterocycles. The molecule has 0 saturated heterocycles. The molecule has 14 rings (SSSR count). The number of para-hydroxylation sites is 1. The second-order valence-electron chi connectivity index (χ2n) is 16.4. The van der Waals surface area contributed by atoms with Crippen LogP contribution in [0.15, 0.2) is 199 Å². The van der Waals surface area contributed by atoms with Crippen molar-refractivity contribution in [3.8, 4) is 39.9 Å². The third-order valence-electron chi connectivity index (χ3n) is 12.8. The largest absolute Gasteiger partial charge is 0.456 e. The zero-order valence-electron chi connectivity index (χ0n) is 33.6. The predicted molar refractivity (Wildman–Crippen MR) is 263 cm³/mol. The fourth-order valence-electron chi connectivity index (χ4n) is 9.81. The molecule has 6 heteroatoms. The Balaban J connectivity index is 1.10. The number of nitrogens with zero attached hydrogens (tertiary/aromatic N) is 4. The van der Waals surface area contributed by atoms with Crippen molar-refractivity contribution in [3.63, 3.8) is 0 Å². The molecule has 292 valence electrons. The Kier molecular flexibility index (Phi) is 7.21. The highest BCUT2D eigenvalue weighted by Gasteiger charge is 2.23. The molecular formula is C57H32N4OS. The summed E-state index contributed by atoms with van der Waals surface area (Å²) in [5.74, 6) is 1.82. The first kappa shape index (κ1) is 34.5. The Morgan fingerprint density at radius 1 is 0.381 bits per heavy atom. The van der Waals surface area contributed by atoms with E-state index in [1.807, 2.05) is 12.1 Å². The van der Waals surface area contributed by atoms with Crippen LogP contribution in [0.25, 0.3) is 136 Å². The first-order valence-corrected chi connectivity index (χ1v) is 22.0. The van der Waals surface area contributed by atoms with E-state index in [0.29, 0.717) is 17.5 Å². The van der Waals surface area contributed by atoms with E-state index < -0.39 is 0 Å². The number of hydrogen-bond acceptors (Lipinski definition) is 5. The fourth-order valence-corrected chi connectivity index (χ4v) is 11.0. The summed E-state index contributed by atoms with van der Waals surface area (Å²) in [7, 11) is 0. The van der Waals surface area contributed by atoms with E-state index in [2.05, 4.69) is 187 Å². The zero-order chi connectivity index (χ0) is 41.2. The van der Waals surface area contributed by atoms with E-state index in [4.69, 9.17) is 19.4 Å². The quantitative estimate of drug-likeness (QED) is 0.177. The van der Waals surface area contributed by atoms with Gasteiger partial charge in [-0.1, -0.05) is 133 Å². The SMILES string of the molecule is c1ccc2cc(-c3nc(-c4cccc5c4sc4ccccc45)nc(-c4cc(-n5c6cc7ccccc7cc6c6cc7ccccc7cc65)cc5oc6ccccc6c45)n3)ccc2c1. The normalized spacial score (nSPS) is 12.1. The van der Waals surface area contributed by atoms with Crippen LogP contribution >= 0.6 is 11.3 Å². The van der Waals surface area contributed by atoms with Crippen molar-refractivity contribution in [2.45, 2.75) is 0 Å². The lowest BCUT2D eigenvalue weighted by Gasteiger charge is -2.14. The second-order valence-corrected chi connectivity index (χ2v) is 17.4. The van der Waals surface area contributed by atoms with Crippen LogP contribution in [0.1, 0.15) is 0 Å². The first-order valence-electron chi connectivity index (χ1n) is 21.2. The maximum Gasteiger partial charge on any atom is 0.165 e. The lowest BCUT2D eigenvalue weighted by atomic mass is 10.0. The van der Waals surface area contributed by atoms with Crippen molar-refractivity contribution in [1.82, 2.24) is 19.5 Å². The van der Waals surface area contributed by atoms with E-state index in [-0.39, 0.29) is 0 Å². The molecule has 0 amide bonds. The molecule has 0 spiro atoms. The van der Waals surface area contributed by atoms with E-state index >= 15 is 0 Å². The van der Waals surface area contributed by atoms with Gasteiger partial charge in [-0.2, -0.15) is 0 Å². The summed E-state index contributed by atoms with van der Waals surface area (Å²) < 4.78 is 11.6. The third kappa shape index (κ3) is 5.25. The number of thiophene rings is 1. The zero-order valence-corrected chi connectivity index (χ0v) is 34.4. The average molecular weight is 821 g/mol. The number of benzene rings is 10. The molecule has 0 aliphatic carbocycles. The second kappa shape index (κ2) is 13.2. The van der Waals surface area contributed by atoms with Crippen LogP contribution in [0.5, 0.6) is 0 Å². The van der Waals surface area contributed by atoms with Crippen LogP contribution in [0.4, 0.5) is 0 Å². The summed E-state index contributed by atoms with van der Waals surface area (Å²) in [5, 5.41) is 13.9. The number of furan rings is 1. The Hall–Kier alpha value is -8.19. The molecule has 0 radical (unpaired) electrons. The molecule has 0 N–H and O–H groups in total. The molecule has 0 atom stereocenters. The van der Waals surface area contributed by atoms with Crippen molar-refractivity contribution in [2.75, 3.05) is 0 Å². The van der Waals surface area contributed by atoms with Gasteiger partial charge in [-0.05, 0) is 86.9 Å². The summed E-state index contributed by atoms with van der Waals surface area (Å²) in [4.78, 5) is 16.2. The fraction of sp³-hybridized carbons (Fsp3) is 0. The Labute approximate surface area is 363 Å². The van der Waals surface area contributed by atoms with E-state index in [9.17, 15) is 0 Å². The highest BCUT2D eigenvalue weighted by Crippen LogP contribution is 2.44. The van der Waals surface area contributed by atoms with E-state index in [1.165, 1.54) is 47.8 Å². The molecule has 0 bridgehead atoms. The summed E-state index contributed by atoms with van der Waals surface area (Å²) in [5.41, 5.74) is 7.54. The minimum Gasteiger partial charge on any atom is -0.456 e. The van der Waals surface area contributed by atoms with Gasteiger partial charge in [0.2, 0.25) is 0 Å². The molecule has 63 heavy (non-hydrogen) atoms. The first-order chi connectivity index (χ1) is 31.2. The monoisotopic (exact) mass is 820 g/mol. The van der Waals surface area contributed by atoms with Gasteiger partial charge in [-0.3, -0.25) is 0 Å². The smallest absolute Gasteiger partial charge is 0.165 e. The van der Waals surface area contributed by atoms with Gasteiger partial charge in [-0.25, -0.2) is 15.0 Å². The topological polar surface area (TPSA) is 56.7 Å². The minimum atomic E-state index is 0.580. The minimum absolute atomic E-state index is 0.580. The molecule has 0 saturated carbocycles. The highest BCUT2D eigenvalue weighted by molar-refractivity contribution is 7.26. The molecular weight excluding hydrogens is 789 g/mol. The Morgan fingerprint density at radius 2 is 0.952 bits per heavy atom. The van der Waals surface area contributed by atoms with Crippen molar-refractivity contribution in [3.05, 3.63) is 194 Å². The lowest BCUT2D eigenvalue weighted by Crippen LogP contribution is -2.02. The molecule has 4 heterocycles. The van der Waals surface area contributed by atoms with Gasteiger partial charge in [0.15, 0.2) is 17.5 Å². The summed E-state index contributed by atoms with van der Waals surface area (Å²) >= 11 is 1.78. The lowest BCUT2D eigenvalue weighted by molar-refractivity contribution is 0.668. The van der Waals surface area contributed by atoms with E-state index in [0.717, 1.165) is 70.8 Å². The maximum absolute atomic E-state index is 6.80. The van der Waals surface area contributed by atoms with Gasteiger partial charge in [0.05, 0.1) is 16.7 Å². The van der Waals surface area contributed by atoms with Crippen molar-refractivity contribution in [1.29, 1.82) is 0 Å². The standard InChI is InChI=1S/C57H32N4OS/c1-2-13-34-26-39(25-24-33(34)12-1)55-58-56(44-21-11-20-42-41-18-8-10-23-52(41)63-54(42)44)60-57(59-55)47-31-40(32-51-53(47)43-19-7-9-22-50(43)62-51)61-48-29-37-16-5-3-14-35(37)27-45(48)46-28-36-15-4-6-17-38(36)30-49(46)61/h1-32H. The molecule has 0 aliphatic rings. The average Bonchev–Trinajstić information content (AvgIpc) is 4.01. The van der Waals surface area contributed by atoms with Crippen LogP contribution in [0.2, 0.25) is 0 Å². The Bertz CT molecular complexity index is 4140. The van der Waals surface area contributed by atoms with Crippen LogP contribution in [-0.2, 0) is 0 Å². The number of aromatic nitrogens is 4. The van der Waals surface area contributed by atoms with Crippen molar-refractivity contribution < 1.29 is 4.42 Å². The summed E-state index contributed by atoms with van der Waals surface area (Å²) in [6.45, 7) is 0. The molecule has 5 nitrogen and oxygen atoms in total. The summed E-state index contributed by atoms with van der Waals surface area (Å²) in [6, 6.07) is 69.2. The molecule has 4 aromatic heterocycles. The van der Waals surface area contributed by atoms with Crippen LogP contribution < -0.4 is 0 Å². The van der Waals surface area contributed by atoms with Crippen molar-refractivity contribution in [2.24, 2.45) is 0 Å². The number of hydrogen-bond donors (Lipinski definition) is 0. The molecule has 10 aromatic carbocycles.